The van der Waals surface area contributed by atoms with Gasteiger partial charge in [-0.15, -0.1) is 0 Å². The molecule has 0 spiro atoms. The van der Waals surface area contributed by atoms with Crippen LogP contribution in [0.2, 0.25) is 0 Å². The lowest BCUT2D eigenvalue weighted by atomic mass is 10.2. The summed E-state index contributed by atoms with van der Waals surface area (Å²) in [4.78, 5) is 0. The largest absolute Gasteiger partial charge is 0.494 e. The lowest BCUT2D eigenvalue weighted by Crippen LogP contribution is -2.03. The van der Waals surface area contributed by atoms with E-state index in [1.807, 2.05) is 0 Å². The van der Waals surface area contributed by atoms with Gasteiger partial charge < -0.3 is 14.8 Å². The van der Waals surface area contributed by atoms with E-state index in [9.17, 15) is 13.2 Å². The molecule has 0 aliphatic rings. The van der Waals surface area contributed by atoms with Crippen LogP contribution in [0.4, 0.5) is 18.9 Å². The van der Waals surface area contributed by atoms with Crippen LogP contribution in [0.15, 0.2) is 42.5 Å². The second-order valence-electron chi connectivity index (χ2n) is 4.23. The smallest absolute Gasteiger partial charge is 0.387 e. The van der Waals surface area contributed by atoms with Crippen LogP contribution in [-0.4, -0.2) is 13.7 Å². The highest BCUT2D eigenvalue weighted by atomic mass is 19.3. The maximum Gasteiger partial charge on any atom is 0.387 e. The summed E-state index contributed by atoms with van der Waals surface area (Å²) in [6.07, 6.45) is 0. The number of benzene rings is 2. The third kappa shape index (κ3) is 4.30. The highest BCUT2D eigenvalue weighted by Gasteiger charge is 2.05. The summed E-state index contributed by atoms with van der Waals surface area (Å²) in [5.41, 5.74) is 1.45. The van der Waals surface area contributed by atoms with E-state index < -0.39 is 12.4 Å². The fourth-order valence-electron chi connectivity index (χ4n) is 1.78. The molecule has 0 unspecified atom stereocenters. The van der Waals surface area contributed by atoms with Crippen LogP contribution in [0.1, 0.15) is 5.56 Å². The fraction of sp³-hybridized carbons (Fsp3) is 0.200. The topological polar surface area (TPSA) is 30.5 Å². The molecule has 2 aromatic carbocycles. The molecule has 0 aliphatic carbocycles. The van der Waals surface area contributed by atoms with Gasteiger partial charge in [0, 0.05) is 12.2 Å². The third-order valence-electron chi connectivity index (χ3n) is 2.79. The van der Waals surface area contributed by atoms with E-state index in [-0.39, 0.29) is 11.5 Å². The summed E-state index contributed by atoms with van der Waals surface area (Å²) in [5.74, 6) is -0.157. The first-order chi connectivity index (χ1) is 10.1. The van der Waals surface area contributed by atoms with Crippen molar-refractivity contribution in [2.75, 3.05) is 12.4 Å². The normalized spacial score (nSPS) is 10.5. The molecule has 2 rings (SSSR count). The van der Waals surface area contributed by atoms with Crippen LogP contribution >= 0.6 is 0 Å². The van der Waals surface area contributed by atoms with Crippen LogP contribution in [0.3, 0.4) is 0 Å². The van der Waals surface area contributed by atoms with Crippen molar-refractivity contribution in [3.63, 3.8) is 0 Å². The van der Waals surface area contributed by atoms with Crippen LogP contribution < -0.4 is 14.8 Å². The van der Waals surface area contributed by atoms with Crippen molar-refractivity contribution in [2.24, 2.45) is 0 Å². The van der Waals surface area contributed by atoms with Gasteiger partial charge in [0.05, 0.1) is 7.11 Å². The summed E-state index contributed by atoms with van der Waals surface area (Å²) in [5, 5.41) is 3.06. The number of methoxy groups -OCH3 is 1. The molecule has 0 aromatic heterocycles. The molecule has 0 saturated heterocycles. The van der Waals surface area contributed by atoms with Gasteiger partial charge in [-0.25, -0.2) is 4.39 Å². The summed E-state index contributed by atoms with van der Waals surface area (Å²) in [6.45, 7) is -2.44. The zero-order valence-corrected chi connectivity index (χ0v) is 11.3. The first-order valence-electron chi connectivity index (χ1n) is 6.19. The Balaban J connectivity index is 1.95. The molecule has 21 heavy (non-hydrogen) atoms. The molecule has 0 bridgehead atoms. The lowest BCUT2D eigenvalue weighted by molar-refractivity contribution is -0.0498. The van der Waals surface area contributed by atoms with Crippen LogP contribution in [-0.2, 0) is 6.54 Å². The second kappa shape index (κ2) is 6.88. The molecule has 0 radical (unpaired) electrons. The molecule has 0 aliphatic heterocycles. The maximum absolute atomic E-state index is 13.5. The summed E-state index contributed by atoms with van der Waals surface area (Å²) in [7, 11) is 1.40. The van der Waals surface area contributed by atoms with Gasteiger partial charge in [-0.05, 0) is 42.0 Å². The predicted octanol–water partition coefficient (Wildman–Crippen LogP) is 4.05. The predicted molar refractivity (Wildman–Crippen MR) is 73.4 cm³/mol. The van der Waals surface area contributed by atoms with Crippen molar-refractivity contribution < 1.29 is 22.6 Å². The molecular weight excluding hydrogens is 283 g/mol. The van der Waals surface area contributed by atoms with Crippen LogP contribution in [0.5, 0.6) is 11.5 Å². The van der Waals surface area contributed by atoms with Gasteiger partial charge in [0.25, 0.3) is 0 Å². The Bertz CT molecular complexity index is 588. The number of ether oxygens (including phenoxy) is 2. The Hall–Kier alpha value is -2.37. The number of anilines is 1. The van der Waals surface area contributed by atoms with E-state index in [0.717, 1.165) is 5.56 Å². The van der Waals surface area contributed by atoms with Gasteiger partial charge in [-0.1, -0.05) is 6.07 Å². The van der Waals surface area contributed by atoms with Crippen LogP contribution in [0, 0.1) is 5.82 Å². The minimum atomic E-state index is -2.84. The van der Waals surface area contributed by atoms with Crippen LogP contribution in [0.25, 0.3) is 0 Å². The first-order valence-corrected chi connectivity index (χ1v) is 6.19. The Morgan fingerprint density at radius 3 is 2.38 bits per heavy atom. The van der Waals surface area contributed by atoms with E-state index in [1.54, 1.807) is 24.3 Å². The Kier molecular flexibility index (Phi) is 4.92. The van der Waals surface area contributed by atoms with E-state index in [4.69, 9.17) is 4.74 Å². The van der Waals surface area contributed by atoms with Crippen molar-refractivity contribution in [3.8, 4) is 11.5 Å². The maximum atomic E-state index is 13.5. The highest BCUT2D eigenvalue weighted by Crippen LogP contribution is 2.20. The molecule has 3 nitrogen and oxygen atoms in total. The van der Waals surface area contributed by atoms with Gasteiger partial charge >= 0.3 is 6.61 Å². The van der Waals surface area contributed by atoms with Crippen molar-refractivity contribution in [1.29, 1.82) is 0 Å². The third-order valence-corrected chi connectivity index (χ3v) is 2.79. The molecule has 0 amide bonds. The summed E-state index contributed by atoms with van der Waals surface area (Å²) >= 11 is 0. The number of rotatable bonds is 6. The number of hydrogen-bond donors (Lipinski definition) is 1. The number of nitrogens with one attached hydrogen (secondary N) is 1. The monoisotopic (exact) mass is 297 g/mol. The van der Waals surface area contributed by atoms with Gasteiger partial charge in [0.1, 0.15) is 5.75 Å². The van der Waals surface area contributed by atoms with Gasteiger partial charge in [0.2, 0.25) is 0 Å². The number of hydrogen-bond acceptors (Lipinski definition) is 3. The molecule has 0 atom stereocenters. The minimum absolute atomic E-state index is 0.0889. The quantitative estimate of drug-likeness (QED) is 0.872. The lowest BCUT2D eigenvalue weighted by Gasteiger charge is -2.09. The number of alkyl halides is 2. The van der Waals surface area contributed by atoms with E-state index >= 15 is 0 Å². The molecule has 0 heterocycles. The van der Waals surface area contributed by atoms with Crippen molar-refractivity contribution in [2.45, 2.75) is 13.2 Å². The molecule has 112 valence electrons. The van der Waals surface area contributed by atoms with E-state index in [1.165, 1.54) is 25.3 Å². The molecular formula is C15H14F3NO2. The Morgan fingerprint density at radius 2 is 1.81 bits per heavy atom. The van der Waals surface area contributed by atoms with Crippen molar-refractivity contribution >= 4 is 5.69 Å². The van der Waals surface area contributed by atoms with E-state index in [0.29, 0.717) is 12.2 Å². The van der Waals surface area contributed by atoms with Gasteiger partial charge in [-0.3, -0.25) is 0 Å². The zero-order chi connectivity index (χ0) is 15.2. The molecule has 1 N–H and O–H groups in total. The molecule has 6 heteroatoms. The van der Waals surface area contributed by atoms with Gasteiger partial charge in [-0.2, -0.15) is 8.78 Å². The standard InChI is InChI=1S/C15H14F3NO2/c1-20-14-7-2-10(8-13(14)16)9-19-11-3-5-12(6-4-11)21-15(17)18/h2-8,15,19H,9H2,1H3. The highest BCUT2D eigenvalue weighted by molar-refractivity contribution is 5.47. The average Bonchev–Trinajstić information content (AvgIpc) is 2.46. The first kappa shape index (κ1) is 15.0. The molecule has 2 aromatic rings. The van der Waals surface area contributed by atoms with Crippen molar-refractivity contribution in [3.05, 3.63) is 53.8 Å². The molecule has 0 saturated carbocycles. The summed E-state index contributed by atoms with van der Waals surface area (Å²) < 4.78 is 46.6. The SMILES string of the molecule is COc1ccc(CNc2ccc(OC(F)F)cc2)cc1F. The van der Waals surface area contributed by atoms with Crippen molar-refractivity contribution in [1.82, 2.24) is 0 Å². The molecule has 0 fully saturated rings. The fourth-order valence-corrected chi connectivity index (χ4v) is 1.78. The van der Waals surface area contributed by atoms with Gasteiger partial charge in [0.15, 0.2) is 11.6 Å². The Morgan fingerprint density at radius 1 is 1.10 bits per heavy atom. The minimum Gasteiger partial charge on any atom is -0.494 e. The Labute approximate surface area is 120 Å². The summed E-state index contributed by atoms with van der Waals surface area (Å²) in [6, 6.07) is 10.7. The average molecular weight is 297 g/mol. The zero-order valence-electron chi connectivity index (χ0n) is 11.3. The van der Waals surface area contributed by atoms with E-state index in [2.05, 4.69) is 10.1 Å². The number of halogens is 3. The second-order valence-corrected chi connectivity index (χ2v) is 4.23.